The molecule has 4 unspecified atom stereocenters. The van der Waals surface area contributed by atoms with Crippen molar-refractivity contribution in [2.45, 2.75) is 50.6 Å². The Bertz CT molecular complexity index is 1010. The number of methoxy groups -OCH3 is 1. The van der Waals surface area contributed by atoms with Gasteiger partial charge in [0.1, 0.15) is 12.1 Å². The molecule has 0 aromatic carbocycles. The first kappa shape index (κ1) is 22.0. The van der Waals surface area contributed by atoms with Crippen molar-refractivity contribution >= 4 is 12.2 Å². The molecule has 180 valence electrons. The van der Waals surface area contributed by atoms with E-state index in [9.17, 15) is 5.26 Å². The van der Waals surface area contributed by atoms with Gasteiger partial charge in [0.05, 0.1) is 32.9 Å². The van der Waals surface area contributed by atoms with E-state index in [1.165, 1.54) is 19.3 Å². The van der Waals surface area contributed by atoms with E-state index in [4.69, 9.17) is 14.2 Å². The van der Waals surface area contributed by atoms with E-state index in [2.05, 4.69) is 31.7 Å². The van der Waals surface area contributed by atoms with Crippen LogP contribution >= 0.6 is 0 Å². The summed E-state index contributed by atoms with van der Waals surface area (Å²) in [5, 5.41) is 16.7. The third-order valence-electron chi connectivity index (χ3n) is 8.48. The maximum Gasteiger partial charge on any atom is 0.219 e. The van der Waals surface area contributed by atoms with Gasteiger partial charge in [-0.05, 0) is 49.5 Å². The maximum atomic E-state index is 9.71. The highest BCUT2D eigenvalue weighted by Gasteiger charge is 2.64. The van der Waals surface area contributed by atoms with Crippen molar-refractivity contribution < 1.29 is 14.2 Å². The number of nitriles is 1. The summed E-state index contributed by atoms with van der Waals surface area (Å²) < 4.78 is 17.8. The Morgan fingerprint density at radius 2 is 2.06 bits per heavy atom. The molecule has 1 saturated heterocycles. The topological polar surface area (TPSA) is 113 Å². The second-order valence-corrected chi connectivity index (χ2v) is 10.5. The van der Waals surface area contributed by atoms with Crippen molar-refractivity contribution in [3.05, 3.63) is 23.9 Å². The van der Waals surface area contributed by atoms with Crippen LogP contribution in [0.2, 0.25) is 0 Å². The van der Waals surface area contributed by atoms with Crippen molar-refractivity contribution in [3.63, 3.8) is 0 Å². The van der Waals surface area contributed by atoms with Gasteiger partial charge in [0.2, 0.25) is 11.8 Å². The van der Waals surface area contributed by atoms with Crippen LogP contribution in [0.25, 0.3) is 0 Å². The lowest BCUT2D eigenvalue weighted by atomic mass is 9.47. The Morgan fingerprint density at radius 1 is 1.26 bits per heavy atom. The number of pyridine rings is 1. The van der Waals surface area contributed by atoms with E-state index in [1.807, 2.05) is 12.1 Å². The molecular weight excluding hydrogens is 432 g/mol. The van der Waals surface area contributed by atoms with Gasteiger partial charge in [-0.15, -0.1) is 0 Å². The van der Waals surface area contributed by atoms with Crippen LogP contribution in [0.4, 0.5) is 0 Å². The van der Waals surface area contributed by atoms with Crippen LogP contribution in [0.15, 0.2) is 28.3 Å². The summed E-state index contributed by atoms with van der Waals surface area (Å²) in [6, 6.07) is 6.17. The summed E-state index contributed by atoms with van der Waals surface area (Å²) in [5.41, 5.74) is 1.13. The zero-order chi connectivity index (χ0) is 23.2. The third kappa shape index (κ3) is 3.69. The molecule has 4 bridgehead atoms. The summed E-state index contributed by atoms with van der Waals surface area (Å²) >= 11 is 0. The highest BCUT2D eigenvalue weighted by atomic mass is 16.7. The van der Waals surface area contributed by atoms with E-state index in [0.717, 1.165) is 44.1 Å². The Hall–Kier alpha value is -2.54. The number of ether oxygens (including phenoxy) is 3. The van der Waals surface area contributed by atoms with Crippen LogP contribution in [0, 0.1) is 40.4 Å². The first-order valence-electron chi connectivity index (χ1n) is 12.4. The summed E-state index contributed by atoms with van der Waals surface area (Å²) in [4.78, 5) is 13.2. The molecule has 5 fully saturated rings. The minimum Gasteiger partial charge on any atom is -0.481 e. The number of aromatic nitrogens is 1. The van der Waals surface area contributed by atoms with Crippen molar-refractivity contribution in [1.82, 2.24) is 15.6 Å². The van der Waals surface area contributed by atoms with Crippen molar-refractivity contribution in [2.75, 3.05) is 26.9 Å². The van der Waals surface area contributed by atoms with Gasteiger partial charge in [0.25, 0.3) is 0 Å². The lowest BCUT2D eigenvalue weighted by molar-refractivity contribution is -0.302. The van der Waals surface area contributed by atoms with Gasteiger partial charge in [-0.2, -0.15) is 5.26 Å². The molecule has 9 heteroatoms. The van der Waals surface area contributed by atoms with Gasteiger partial charge in [0, 0.05) is 36.4 Å². The predicted octanol–water partition coefficient (Wildman–Crippen LogP) is 2.25. The van der Waals surface area contributed by atoms with Crippen LogP contribution in [0.1, 0.15) is 37.7 Å². The quantitative estimate of drug-likeness (QED) is 0.664. The number of guanidine groups is 1. The van der Waals surface area contributed by atoms with E-state index >= 15 is 0 Å². The summed E-state index contributed by atoms with van der Waals surface area (Å²) in [6.07, 6.45) is 9.13. The van der Waals surface area contributed by atoms with Crippen molar-refractivity contribution in [2.24, 2.45) is 39.1 Å². The standard InChI is InChI=1S/C25H32N6O3/c1-32-22-17(3-2-4-27-22)13-28-23-29-14-18(12-26)21(31-23)30-15-24-9-16-7-19(10-24)25(20(8-16)11-24)33-5-6-34-25/h2-4,14,16,18-21,30H,5-11,13,15H2,1H3,(H,28,31). The molecule has 6 aliphatic rings. The van der Waals surface area contributed by atoms with Crippen molar-refractivity contribution in [1.29, 1.82) is 5.26 Å². The molecule has 1 aromatic heterocycles. The van der Waals surface area contributed by atoms with Gasteiger partial charge in [0.15, 0.2) is 5.79 Å². The fourth-order valence-electron chi connectivity index (χ4n) is 7.31. The van der Waals surface area contributed by atoms with E-state index in [0.29, 0.717) is 30.2 Å². The SMILES string of the molecule is COc1ncccc1CN=C1N=CC(C#N)C(NCC23CC4CC(C2)C2(OCCO2)C(C4)C3)N1. The van der Waals surface area contributed by atoms with Gasteiger partial charge < -0.3 is 19.5 Å². The molecular formula is C25H32N6O3. The Balaban J connectivity index is 1.13. The van der Waals surface area contributed by atoms with Gasteiger partial charge >= 0.3 is 0 Å². The van der Waals surface area contributed by atoms with Crippen molar-refractivity contribution in [3.8, 4) is 11.9 Å². The largest absolute Gasteiger partial charge is 0.481 e. The highest BCUT2D eigenvalue weighted by Crippen LogP contribution is 2.65. The van der Waals surface area contributed by atoms with Crippen LogP contribution in [-0.2, 0) is 16.0 Å². The first-order valence-corrected chi connectivity index (χ1v) is 12.4. The van der Waals surface area contributed by atoms with E-state index in [-0.39, 0.29) is 23.3 Å². The number of hydrogen-bond donors (Lipinski definition) is 2. The smallest absolute Gasteiger partial charge is 0.219 e. The second kappa shape index (κ2) is 8.59. The Morgan fingerprint density at radius 3 is 2.79 bits per heavy atom. The number of nitrogens with zero attached hydrogens (tertiary/aromatic N) is 4. The molecule has 4 saturated carbocycles. The van der Waals surface area contributed by atoms with Crippen LogP contribution < -0.4 is 15.4 Å². The normalized spacial score (nSPS) is 38.2. The number of aliphatic imine (C=N–C) groups is 2. The fourth-order valence-corrected chi connectivity index (χ4v) is 7.31. The second-order valence-electron chi connectivity index (χ2n) is 10.5. The number of hydrogen-bond acceptors (Lipinski definition) is 7. The minimum atomic E-state index is -0.353. The summed E-state index contributed by atoms with van der Waals surface area (Å²) in [6.45, 7) is 2.73. The molecule has 2 N–H and O–H groups in total. The Kier molecular flexibility index (Phi) is 5.55. The van der Waals surface area contributed by atoms with Gasteiger partial charge in [-0.3, -0.25) is 5.32 Å². The molecule has 0 amide bonds. The zero-order valence-electron chi connectivity index (χ0n) is 19.6. The highest BCUT2D eigenvalue weighted by molar-refractivity contribution is 5.92. The molecule has 4 aliphatic carbocycles. The van der Waals surface area contributed by atoms with Crippen LogP contribution in [0.3, 0.4) is 0 Å². The molecule has 4 atom stereocenters. The minimum absolute atomic E-state index is 0.224. The van der Waals surface area contributed by atoms with Gasteiger partial charge in [-0.1, -0.05) is 6.07 Å². The molecule has 34 heavy (non-hydrogen) atoms. The molecule has 2 aliphatic heterocycles. The molecule has 3 heterocycles. The zero-order valence-corrected chi connectivity index (χ0v) is 19.6. The fraction of sp³-hybridized carbons (Fsp3) is 0.680. The van der Waals surface area contributed by atoms with E-state index < -0.39 is 0 Å². The lowest BCUT2D eigenvalue weighted by Crippen LogP contribution is -2.64. The Labute approximate surface area is 200 Å². The number of nitrogens with one attached hydrogen (secondary N) is 2. The van der Waals surface area contributed by atoms with Gasteiger partial charge in [-0.25, -0.2) is 15.0 Å². The maximum absolute atomic E-state index is 9.71. The monoisotopic (exact) mass is 464 g/mol. The average molecular weight is 465 g/mol. The molecule has 9 nitrogen and oxygen atoms in total. The average Bonchev–Trinajstić information content (AvgIpc) is 3.36. The summed E-state index contributed by atoms with van der Waals surface area (Å²) in [5.74, 6) is 2.15. The number of rotatable bonds is 6. The van der Waals surface area contributed by atoms with Crippen LogP contribution in [-0.4, -0.2) is 56.0 Å². The first-order chi connectivity index (χ1) is 16.6. The van der Waals surface area contributed by atoms with Crippen LogP contribution in [0.5, 0.6) is 5.88 Å². The molecule has 7 rings (SSSR count). The summed E-state index contributed by atoms with van der Waals surface area (Å²) in [7, 11) is 1.60. The molecule has 1 aromatic rings. The predicted molar refractivity (Wildman–Crippen MR) is 125 cm³/mol. The third-order valence-corrected chi connectivity index (χ3v) is 8.48. The van der Waals surface area contributed by atoms with E-state index in [1.54, 1.807) is 19.5 Å². The molecule has 1 spiro atoms. The lowest BCUT2D eigenvalue weighted by Gasteiger charge is -2.63. The molecule has 0 radical (unpaired) electrons.